The summed E-state index contributed by atoms with van der Waals surface area (Å²) in [6.45, 7) is 3.80. The number of nitrogens with one attached hydrogen (secondary N) is 2. The Kier molecular flexibility index (Phi) is 4.10. The van der Waals surface area contributed by atoms with Gasteiger partial charge in [-0.15, -0.1) is 0 Å². The molecule has 0 bridgehead atoms. The minimum atomic E-state index is -0.747. The number of benzene rings is 1. The first kappa shape index (κ1) is 13.7. The van der Waals surface area contributed by atoms with E-state index < -0.39 is 11.8 Å². The summed E-state index contributed by atoms with van der Waals surface area (Å²) < 4.78 is 0. The van der Waals surface area contributed by atoms with Crippen LogP contribution >= 0.6 is 0 Å². The Morgan fingerprint density at radius 1 is 0.950 bits per heavy atom. The van der Waals surface area contributed by atoms with Crippen LogP contribution < -0.4 is 10.6 Å². The summed E-state index contributed by atoms with van der Waals surface area (Å²) in [5.41, 5.74) is 2.57. The van der Waals surface area contributed by atoms with Crippen LogP contribution in [0.15, 0.2) is 42.6 Å². The second-order valence-corrected chi connectivity index (χ2v) is 4.50. The number of carbonyl (C=O) groups is 2. The van der Waals surface area contributed by atoms with Crippen molar-refractivity contribution in [2.45, 2.75) is 13.8 Å². The number of hydrogen-bond acceptors (Lipinski definition) is 3. The molecule has 0 radical (unpaired) electrons. The van der Waals surface area contributed by atoms with Crippen LogP contribution in [0.2, 0.25) is 0 Å². The molecule has 5 heteroatoms. The van der Waals surface area contributed by atoms with Gasteiger partial charge in [-0.2, -0.15) is 0 Å². The second-order valence-electron chi connectivity index (χ2n) is 4.50. The van der Waals surface area contributed by atoms with Gasteiger partial charge >= 0.3 is 11.8 Å². The second kappa shape index (κ2) is 5.97. The molecule has 1 aromatic carbocycles. The number of anilines is 2. The lowest BCUT2D eigenvalue weighted by Gasteiger charge is -2.06. The van der Waals surface area contributed by atoms with Crippen molar-refractivity contribution in [3.05, 3.63) is 53.7 Å². The van der Waals surface area contributed by atoms with E-state index >= 15 is 0 Å². The Hall–Kier alpha value is -2.69. The third-order valence-corrected chi connectivity index (χ3v) is 2.64. The number of rotatable bonds is 2. The van der Waals surface area contributed by atoms with Crippen molar-refractivity contribution >= 4 is 23.3 Å². The number of aromatic nitrogens is 1. The van der Waals surface area contributed by atoms with Crippen molar-refractivity contribution in [1.82, 2.24) is 4.98 Å². The summed E-state index contributed by atoms with van der Waals surface area (Å²) in [5.74, 6) is -1.12. The molecule has 20 heavy (non-hydrogen) atoms. The van der Waals surface area contributed by atoms with Crippen LogP contribution in [0.3, 0.4) is 0 Å². The predicted octanol–water partition coefficient (Wildman–Crippen LogP) is 2.28. The molecule has 5 nitrogen and oxygen atoms in total. The van der Waals surface area contributed by atoms with Crippen LogP contribution in [0, 0.1) is 13.8 Å². The number of nitrogens with zero attached hydrogens (tertiary/aromatic N) is 1. The van der Waals surface area contributed by atoms with Crippen LogP contribution in [0.5, 0.6) is 0 Å². The molecule has 2 aromatic rings. The smallest absolute Gasteiger partial charge is 0.315 e. The Morgan fingerprint density at radius 3 is 2.35 bits per heavy atom. The van der Waals surface area contributed by atoms with Crippen LogP contribution in [0.25, 0.3) is 0 Å². The van der Waals surface area contributed by atoms with Crippen LogP contribution in [0.4, 0.5) is 11.5 Å². The zero-order chi connectivity index (χ0) is 14.5. The van der Waals surface area contributed by atoms with E-state index in [0.717, 1.165) is 11.1 Å². The first-order valence-electron chi connectivity index (χ1n) is 6.16. The molecule has 102 valence electrons. The summed E-state index contributed by atoms with van der Waals surface area (Å²) in [6, 6.07) is 10.7. The summed E-state index contributed by atoms with van der Waals surface area (Å²) in [6.07, 6.45) is 1.62. The quantitative estimate of drug-likeness (QED) is 0.822. The Balaban J connectivity index is 1.98. The fourth-order valence-electron chi connectivity index (χ4n) is 1.63. The normalized spacial score (nSPS) is 9.90. The molecule has 0 aliphatic heterocycles. The lowest BCUT2D eigenvalue weighted by atomic mass is 10.2. The fourth-order valence-corrected chi connectivity index (χ4v) is 1.63. The van der Waals surface area contributed by atoms with E-state index in [0.29, 0.717) is 11.5 Å². The predicted molar refractivity (Wildman–Crippen MR) is 77.4 cm³/mol. The van der Waals surface area contributed by atoms with Gasteiger partial charge < -0.3 is 10.6 Å². The van der Waals surface area contributed by atoms with Gasteiger partial charge in [0.2, 0.25) is 0 Å². The van der Waals surface area contributed by atoms with Gasteiger partial charge in [0.1, 0.15) is 5.82 Å². The van der Waals surface area contributed by atoms with E-state index in [-0.39, 0.29) is 0 Å². The van der Waals surface area contributed by atoms with E-state index in [4.69, 9.17) is 0 Å². The van der Waals surface area contributed by atoms with Gasteiger partial charge in [0, 0.05) is 11.9 Å². The SMILES string of the molecule is Cc1ccc(NC(=O)C(=O)Nc2cccc(C)c2)nc1. The molecular formula is C15H15N3O2. The van der Waals surface area contributed by atoms with Crippen molar-refractivity contribution < 1.29 is 9.59 Å². The van der Waals surface area contributed by atoms with Crippen molar-refractivity contribution in [1.29, 1.82) is 0 Å². The molecule has 2 amide bonds. The van der Waals surface area contributed by atoms with Gasteiger partial charge in [0.05, 0.1) is 0 Å². The monoisotopic (exact) mass is 269 g/mol. The fraction of sp³-hybridized carbons (Fsp3) is 0.133. The minimum absolute atomic E-state index is 0.347. The van der Waals surface area contributed by atoms with Crippen molar-refractivity contribution in [3.63, 3.8) is 0 Å². The van der Waals surface area contributed by atoms with Gasteiger partial charge in [0.15, 0.2) is 0 Å². The van der Waals surface area contributed by atoms with Crippen LogP contribution in [-0.2, 0) is 9.59 Å². The molecule has 0 saturated carbocycles. The maximum absolute atomic E-state index is 11.7. The zero-order valence-corrected chi connectivity index (χ0v) is 11.3. The van der Waals surface area contributed by atoms with E-state index in [9.17, 15) is 9.59 Å². The van der Waals surface area contributed by atoms with Crippen molar-refractivity contribution in [3.8, 4) is 0 Å². The van der Waals surface area contributed by atoms with E-state index in [1.807, 2.05) is 26.0 Å². The average Bonchev–Trinajstić information content (AvgIpc) is 2.41. The average molecular weight is 269 g/mol. The highest BCUT2D eigenvalue weighted by atomic mass is 16.2. The maximum atomic E-state index is 11.7. The largest absolute Gasteiger partial charge is 0.318 e. The Morgan fingerprint density at radius 2 is 1.70 bits per heavy atom. The summed E-state index contributed by atoms with van der Waals surface area (Å²) in [4.78, 5) is 27.5. The number of carbonyl (C=O) groups excluding carboxylic acids is 2. The Bertz CT molecular complexity index is 636. The Labute approximate surface area is 117 Å². The lowest BCUT2D eigenvalue weighted by Crippen LogP contribution is -2.29. The van der Waals surface area contributed by atoms with Gasteiger partial charge in [-0.05, 0) is 43.2 Å². The highest BCUT2D eigenvalue weighted by molar-refractivity contribution is 6.43. The molecule has 0 aliphatic rings. The van der Waals surface area contributed by atoms with Gasteiger partial charge in [0.25, 0.3) is 0 Å². The lowest BCUT2D eigenvalue weighted by molar-refractivity contribution is -0.133. The molecule has 0 unspecified atom stereocenters. The standard InChI is InChI=1S/C15H15N3O2/c1-10-4-3-5-12(8-10)17-14(19)15(20)18-13-7-6-11(2)9-16-13/h3-9H,1-2H3,(H,17,19)(H,16,18,20). The zero-order valence-electron chi connectivity index (χ0n) is 11.3. The van der Waals surface area contributed by atoms with Crippen molar-refractivity contribution in [2.24, 2.45) is 0 Å². The molecule has 0 atom stereocenters. The molecular weight excluding hydrogens is 254 g/mol. The molecule has 0 aliphatic carbocycles. The molecule has 0 saturated heterocycles. The third-order valence-electron chi connectivity index (χ3n) is 2.64. The van der Waals surface area contributed by atoms with E-state index in [1.54, 1.807) is 30.5 Å². The van der Waals surface area contributed by atoms with Crippen LogP contribution in [0.1, 0.15) is 11.1 Å². The highest BCUT2D eigenvalue weighted by Crippen LogP contribution is 2.10. The third kappa shape index (κ3) is 3.65. The first-order chi connectivity index (χ1) is 9.54. The topological polar surface area (TPSA) is 71.1 Å². The molecule has 1 aromatic heterocycles. The highest BCUT2D eigenvalue weighted by Gasteiger charge is 2.14. The summed E-state index contributed by atoms with van der Waals surface area (Å²) in [5, 5.41) is 4.98. The summed E-state index contributed by atoms with van der Waals surface area (Å²) in [7, 11) is 0. The number of aryl methyl sites for hydroxylation is 2. The molecule has 1 heterocycles. The minimum Gasteiger partial charge on any atom is -0.318 e. The van der Waals surface area contributed by atoms with Gasteiger partial charge in [-0.3, -0.25) is 9.59 Å². The van der Waals surface area contributed by atoms with Crippen LogP contribution in [-0.4, -0.2) is 16.8 Å². The molecule has 0 fully saturated rings. The van der Waals surface area contributed by atoms with Crippen molar-refractivity contribution in [2.75, 3.05) is 10.6 Å². The first-order valence-corrected chi connectivity index (χ1v) is 6.16. The van der Waals surface area contributed by atoms with E-state index in [1.165, 1.54) is 0 Å². The molecule has 2 N–H and O–H groups in total. The number of pyridine rings is 1. The maximum Gasteiger partial charge on any atom is 0.315 e. The number of hydrogen-bond donors (Lipinski definition) is 2. The van der Waals surface area contributed by atoms with Gasteiger partial charge in [-0.1, -0.05) is 18.2 Å². The molecule has 2 rings (SSSR count). The molecule has 0 spiro atoms. The number of amides is 2. The van der Waals surface area contributed by atoms with E-state index in [2.05, 4.69) is 15.6 Å². The summed E-state index contributed by atoms with van der Waals surface area (Å²) >= 11 is 0. The van der Waals surface area contributed by atoms with Gasteiger partial charge in [-0.25, -0.2) is 4.98 Å².